The Kier molecular flexibility index (Phi) is 7.26. The van der Waals surface area contributed by atoms with Crippen LogP contribution in [0.4, 0.5) is 0 Å². The summed E-state index contributed by atoms with van der Waals surface area (Å²) in [6.07, 6.45) is -6.79. The van der Waals surface area contributed by atoms with Gasteiger partial charge in [-0.2, -0.15) is 12.6 Å². The summed E-state index contributed by atoms with van der Waals surface area (Å²) >= 11 is 3.67. The minimum Gasteiger partial charge on any atom is -0.388 e. The summed E-state index contributed by atoms with van der Waals surface area (Å²) in [5.41, 5.74) is 0. The molecule has 0 saturated heterocycles. The fraction of sp³-hybridized carbons (Fsp3) is 0.750. The SMILES string of the molecule is O=C[C@H](O)[C@@H](O)[C@@H](O)[C@H](O)CNC(=O)CS. The fourth-order valence-electron chi connectivity index (χ4n) is 0.905. The van der Waals surface area contributed by atoms with Crippen LogP contribution in [-0.4, -0.2) is 69.3 Å². The van der Waals surface area contributed by atoms with E-state index in [2.05, 4.69) is 17.9 Å². The van der Waals surface area contributed by atoms with Gasteiger partial charge >= 0.3 is 0 Å². The first kappa shape index (κ1) is 15.3. The first-order chi connectivity index (χ1) is 7.43. The first-order valence-electron chi connectivity index (χ1n) is 4.49. The van der Waals surface area contributed by atoms with E-state index in [-0.39, 0.29) is 18.6 Å². The van der Waals surface area contributed by atoms with Crippen LogP contribution in [0.2, 0.25) is 0 Å². The molecule has 4 atom stereocenters. The maximum absolute atomic E-state index is 10.8. The molecule has 0 aromatic rings. The quantitative estimate of drug-likeness (QED) is 0.208. The van der Waals surface area contributed by atoms with E-state index in [1.807, 2.05) is 0 Å². The third-order valence-electron chi connectivity index (χ3n) is 1.89. The molecule has 0 fully saturated rings. The van der Waals surface area contributed by atoms with Crippen LogP contribution in [0.25, 0.3) is 0 Å². The lowest BCUT2D eigenvalue weighted by atomic mass is 10.0. The minimum absolute atomic E-state index is 0.0346. The van der Waals surface area contributed by atoms with E-state index in [0.717, 1.165) is 0 Å². The molecule has 94 valence electrons. The maximum atomic E-state index is 10.8. The van der Waals surface area contributed by atoms with Crippen LogP contribution < -0.4 is 5.32 Å². The van der Waals surface area contributed by atoms with E-state index in [4.69, 9.17) is 10.2 Å². The van der Waals surface area contributed by atoms with Gasteiger partial charge < -0.3 is 30.5 Å². The predicted molar refractivity (Wildman–Crippen MR) is 57.0 cm³/mol. The third-order valence-corrected chi connectivity index (χ3v) is 2.17. The summed E-state index contributed by atoms with van der Waals surface area (Å²) in [6, 6.07) is 0. The standard InChI is InChI=1S/C8H15NO6S/c10-2-5(12)8(15)7(14)4(11)1-9-6(13)3-16/h2,4-5,7-8,11-12,14-16H,1,3H2,(H,9,13)/t4-,5+,7+,8-/m1/s1. The molecular weight excluding hydrogens is 238 g/mol. The van der Waals surface area contributed by atoms with Gasteiger partial charge in [0, 0.05) is 6.54 Å². The van der Waals surface area contributed by atoms with Crippen LogP contribution in [0, 0.1) is 0 Å². The zero-order valence-corrected chi connectivity index (χ0v) is 9.25. The lowest BCUT2D eigenvalue weighted by Gasteiger charge is -2.24. The largest absolute Gasteiger partial charge is 0.388 e. The Morgan fingerprint density at radius 3 is 2.25 bits per heavy atom. The van der Waals surface area contributed by atoms with Gasteiger partial charge in [0.25, 0.3) is 0 Å². The number of amides is 1. The molecule has 0 aliphatic carbocycles. The van der Waals surface area contributed by atoms with Gasteiger partial charge in [-0.05, 0) is 0 Å². The van der Waals surface area contributed by atoms with E-state index >= 15 is 0 Å². The van der Waals surface area contributed by atoms with Gasteiger partial charge in [0.1, 0.15) is 18.3 Å². The van der Waals surface area contributed by atoms with Crippen LogP contribution in [-0.2, 0) is 9.59 Å². The van der Waals surface area contributed by atoms with Crippen molar-refractivity contribution in [1.82, 2.24) is 5.32 Å². The first-order valence-corrected chi connectivity index (χ1v) is 5.12. The maximum Gasteiger partial charge on any atom is 0.229 e. The molecule has 0 radical (unpaired) electrons. The molecule has 0 rings (SSSR count). The van der Waals surface area contributed by atoms with Gasteiger partial charge in [-0.15, -0.1) is 0 Å². The molecule has 16 heavy (non-hydrogen) atoms. The summed E-state index contributed by atoms with van der Waals surface area (Å²) in [7, 11) is 0. The monoisotopic (exact) mass is 253 g/mol. The molecule has 0 unspecified atom stereocenters. The zero-order chi connectivity index (χ0) is 12.7. The Balaban J connectivity index is 4.11. The predicted octanol–water partition coefficient (Wildman–Crippen LogP) is -3.33. The van der Waals surface area contributed by atoms with Crippen molar-refractivity contribution < 1.29 is 30.0 Å². The number of aldehydes is 1. The zero-order valence-electron chi connectivity index (χ0n) is 8.35. The summed E-state index contributed by atoms with van der Waals surface area (Å²) in [5, 5.41) is 38.8. The van der Waals surface area contributed by atoms with Crippen molar-refractivity contribution in [2.45, 2.75) is 24.4 Å². The molecule has 1 amide bonds. The van der Waals surface area contributed by atoms with E-state index < -0.39 is 30.3 Å². The number of hydrogen-bond acceptors (Lipinski definition) is 7. The molecule has 0 spiro atoms. The lowest BCUT2D eigenvalue weighted by molar-refractivity contribution is -0.134. The van der Waals surface area contributed by atoms with Crippen molar-refractivity contribution in [3.05, 3.63) is 0 Å². The molecule has 8 heteroatoms. The van der Waals surface area contributed by atoms with Crippen LogP contribution in [0.5, 0.6) is 0 Å². The summed E-state index contributed by atoms with van der Waals surface area (Å²) in [4.78, 5) is 20.9. The molecule has 5 N–H and O–H groups in total. The molecule has 7 nitrogen and oxygen atoms in total. The minimum atomic E-state index is -1.81. The van der Waals surface area contributed by atoms with Crippen molar-refractivity contribution in [1.29, 1.82) is 0 Å². The van der Waals surface area contributed by atoms with Crippen LogP contribution >= 0.6 is 12.6 Å². The number of nitrogens with one attached hydrogen (secondary N) is 1. The highest BCUT2D eigenvalue weighted by atomic mass is 32.1. The normalized spacial score (nSPS) is 18.3. The van der Waals surface area contributed by atoms with Crippen molar-refractivity contribution >= 4 is 24.8 Å². The highest BCUT2D eigenvalue weighted by Gasteiger charge is 2.30. The third kappa shape index (κ3) is 4.90. The van der Waals surface area contributed by atoms with Crippen LogP contribution in [0.3, 0.4) is 0 Å². The Morgan fingerprint density at radius 2 is 1.81 bits per heavy atom. The number of hydrogen-bond donors (Lipinski definition) is 6. The average Bonchev–Trinajstić information content (AvgIpc) is 2.32. The summed E-state index contributed by atoms with van der Waals surface area (Å²) < 4.78 is 0. The Hall–Kier alpha value is -0.670. The van der Waals surface area contributed by atoms with Crippen molar-refractivity contribution in [2.24, 2.45) is 0 Å². The van der Waals surface area contributed by atoms with E-state index in [0.29, 0.717) is 0 Å². The molecule has 0 aliphatic heterocycles. The molecule has 0 aromatic carbocycles. The van der Waals surface area contributed by atoms with Gasteiger partial charge in [0.05, 0.1) is 11.9 Å². The summed E-state index contributed by atoms with van der Waals surface area (Å²) in [5.74, 6) is -0.539. The Labute approximate surface area is 97.5 Å². The number of carbonyl (C=O) groups excluding carboxylic acids is 2. The lowest BCUT2D eigenvalue weighted by Crippen LogP contribution is -2.49. The van der Waals surface area contributed by atoms with Gasteiger partial charge in [-0.3, -0.25) is 4.79 Å². The second kappa shape index (κ2) is 7.58. The smallest absolute Gasteiger partial charge is 0.229 e. The molecule has 0 aromatic heterocycles. The molecule has 0 heterocycles. The topological polar surface area (TPSA) is 127 Å². The molecule has 0 aliphatic rings. The summed E-state index contributed by atoms with van der Waals surface area (Å²) in [6.45, 7) is -0.316. The van der Waals surface area contributed by atoms with E-state index in [1.165, 1.54) is 0 Å². The number of aliphatic hydroxyl groups is 4. The Morgan fingerprint density at radius 1 is 1.25 bits per heavy atom. The van der Waals surface area contributed by atoms with Crippen molar-refractivity contribution in [3.8, 4) is 0 Å². The van der Waals surface area contributed by atoms with Crippen molar-refractivity contribution in [2.75, 3.05) is 12.3 Å². The average molecular weight is 253 g/mol. The number of rotatable bonds is 7. The van der Waals surface area contributed by atoms with Crippen LogP contribution in [0.1, 0.15) is 0 Å². The van der Waals surface area contributed by atoms with Crippen molar-refractivity contribution in [3.63, 3.8) is 0 Å². The van der Waals surface area contributed by atoms with Gasteiger partial charge in [0.2, 0.25) is 5.91 Å². The number of carbonyl (C=O) groups is 2. The van der Waals surface area contributed by atoms with Crippen LogP contribution in [0.15, 0.2) is 0 Å². The highest BCUT2D eigenvalue weighted by molar-refractivity contribution is 7.81. The van der Waals surface area contributed by atoms with Gasteiger partial charge in [-0.1, -0.05) is 0 Å². The molecular formula is C8H15NO6S. The van der Waals surface area contributed by atoms with Gasteiger partial charge in [0.15, 0.2) is 6.29 Å². The molecule has 0 bridgehead atoms. The Bertz CT molecular complexity index is 239. The highest BCUT2D eigenvalue weighted by Crippen LogP contribution is 2.03. The second-order valence-electron chi connectivity index (χ2n) is 3.14. The van der Waals surface area contributed by atoms with Gasteiger partial charge in [-0.25, -0.2) is 0 Å². The fourth-order valence-corrected chi connectivity index (χ4v) is 1.02. The molecule has 0 saturated carbocycles. The van der Waals surface area contributed by atoms with E-state index in [9.17, 15) is 19.8 Å². The number of aliphatic hydroxyl groups excluding tert-OH is 4. The van der Waals surface area contributed by atoms with E-state index in [1.54, 1.807) is 0 Å². The second-order valence-corrected chi connectivity index (χ2v) is 3.45. The number of thiol groups is 1.